The standard InChI is InChI=1S/C18H27NO2/c1-18(2,19-11-4-3-5-12-19)17(20)14-7-6-8-16(13-14)21-15-9-10-15/h6-8,13,15,17,20H,3-5,9-12H2,1-2H3. The summed E-state index contributed by atoms with van der Waals surface area (Å²) in [6.07, 6.45) is 6.01. The molecule has 0 amide bonds. The predicted molar refractivity (Wildman–Crippen MR) is 84.6 cm³/mol. The van der Waals surface area contributed by atoms with E-state index in [0.717, 1.165) is 37.2 Å². The van der Waals surface area contributed by atoms with Gasteiger partial charge in [0.05, 0.1) is 12.2 Å². The van der Waals surface area contributed by atoms with Crippen molar-refractivity contribution in [3.8, 4) is 5.75 Å². The topological polar surface area (TPSA) is 32.7 Å². The second kappa shape index (κ2) is 5.98. The monoisotopic (exact) mass is 289 g/mol. The van der Waals surface area contributed by atoms with Gasteiger partial charge in [-0.2, -0.15) is 0 Å². The zero-order valence-corrected chi connectivity index (χ0v) is 13.2. The first-order valence-corrected chi connectivity index (χ1v) is 8.27. The predicted octanol–water partition coefficient (Wildman–Crippen LogP) is 3.53. The number of aliphatic hydroxyl groups is 1. The van der Waals surface area contributed by atoms with Crippen LogP contribution in [0.5, 0.6) is 5.75 Å². The van der Waals surface area contributed by atoms with Crippen molar-refractivity contribution in [1.82, 2.24) is 4.90 Å². The van der Waals surface area contributed by atoms with Crippen LogP contribution in [0.3, 0.4) is 0 Å². The molecule has 0 bridgehead atoms. The van der Waals surface area contributed by atoms with Crippen molar-refractivity contribution in [3.63, 3.8) is 0 Å². The lowest BCUT2D eigenvalue weighted by atomic mass is 9.88. The van der Waals surface area contributed by atoms with Crippen molar-refractivity contribution in [2.75, 3.05) is 13.1 Å². The summed E-state index contributed by atoms with van der Waals surface area (Å²) in [6, 6.07) is 8.00. The van der Waals surface area contributed by atoms with Gasteiger partial charge in [0.25, 0.3) is 0 Å². The Morgan fingerprint density at radius 1 is 1.19 bits per heavy atom. The Balaban J connectivity index is 1.74. The van der Waals surface area contributed by atoms with E-state index in [1.807, 2.05) is 24.3 Å². The maximum Gasteiger partial charge on any atom is 0.120 e. The van der Waals surface area contributed by atoms with Gasteiger partial charge in [-0.3, -0.25) is 4.90 Å². The van der Waals surface area contributed by atoms with Gasteiger partial charge < -0.3 is 9.84 Å². The highest BCUT2D eigenvalue weighted by atomic mass is 16.5. The van der Waals surface area contributed by atoms with Crippen LogP contribution in [0.4, 0.5) is 0 Å². The Labute approximate surface area is 127 Å². The minimum absolute atomic E-state index is 0.237. The highest BCUT2D eigenvalue weighted by molar-refractivity contribution is 5.32. The van der Waals surface area contributed by atoms with E-state index in [9.17, 15) is 5.11 Å². The molecule has 1 saturated carbocycles. The van der Waals surface area contributed by atoms with Gasteiger partial charge in [0, 0.05) is 5.54 Å². The molecule has 1 aromatic carbocycles. The van der Waals surface area contributed by atoms with E-state index >= 15 is 0 Å². The van der Waals surface area contributed by atoms with Gasteiger partial charge >= 0.3 is 0 Å². The van der Waals surface area contributed by atoms with Crippen LogP contribution in [0.1, 0.15) is 57.6 Å². The number of piperidine rings is 1. The third kappa shape index (κ3) is 3.41. The first-order chi connectivity index (χ1) is 10.1. The maximum atomic E-state index is 10.9. The third-order valence-electron chi connectivity index (χ3n) is 4.84. The summed E-state index contributed by atoms with van der Waals surface area (Å²) in [4.78, 5) is 2.43. The Hall–Kier alpha value is -1.06. The van der Waals surface area contributed by atoms with Crippen molar-refractivity contribution in [2.45, 2.75) is 63.7 Å². The maximum absolute atomic E-state index is 10.9. The Morgan fingerprint density at radius 3 is 2.57 bits per heavy atom. The zero-order chi connectivity index (χ0) is 14.9. The van der Waals surface area contributed by atoms with Crippen LogP contribution >= 0.6 is 0 Å². The van der Waals surface area contributed by atoms with E-state index in [0.29, 0.717) is 6.10 Å². The third-order valence-corrected chi connectivity index (χ3v) is 4.84. The van der Waals surface area contributed by atoms with E-state index in [1.54, 1.807) is 0 Å². The van der Waals surface area contributed by atoms with Crippen molar-refractivity contribution >= 4 is 0 Å². The molecular weight excluding hydrogens is 262 g/mol. The molecule has 1 unspecified atom stereocenters. The SMILES string of the molecule is CC(C)(C(O)c1cccc(OC2CC2)c1)N1CCCCC1. The molecule has 1 aromatic rings. The van der Waals surface area contributed by atoms with Crippen LogP contribution in [-0.2, 0) is 0 Å². The lowest BCUT2D eigenvalue weighted by Gasteiger charge is -2.44. The fraction of sp³-hybridized carbons (Fsp3) is 0.667. The van der Waals surface area contributed by atoms with Crippen LogP contribution in [0.25, 0.3) is 0 Å². The Bertz CT molecular complexity index is 476. The van der Waals surface area contributed by atoms with E-state index in [1.165, 1.54) is 19.3 Å². The average molecular weight is 289 g/mol. The smallest absolute Gasteiger partial charge is 0.120 e. The second-order valence-corrected chi connectivity index (χ2v) is 6.99. The molecule has 1 aliphatic heterocycles. The van der Waals surface area contributed by atoms with Crippen LogP contribution in [0.2, 0.25) is 0 Å². The molecule has 3 rings (SSSR count). The van der Waals surface area contributed by atoms with E-state index in [4.69, 9.17) is 4.74 Å². The quantitative estimate of drug-likeness (QED) is 0.900. The van der Waals surface area contributed by atoms with Crippen molar-refractivity contribution in [3.05, 3.63) is 29.8 Å². The molecule has 0 spiro atoms. The number of aliphatic hydroxyl groups excluding tert-OH is 1. The summed E-state index contributed by atoms with van der Waals surface area (Å²) < 4.78 is 5.85. The highest BCUT2D eigenvalue weighted by Crippen LogP contribution is 2.35. The van der Waals surface area contributed by atoms with Crippen molar-refractivity contribution < 1.29 is 9.84 Å². The number of hydrogen-bond donors (Lipinski definition) is 1. The molecule has 21 heavy (non-hydrogen) atoms. The Kier molecular flexibility index (Phi) is 4.23. The van der Waals surface area contributed by atoms with Gasteiger partial charge in [-0.25, -0.2) is 0 Å². The molecule has 0 radical (unpaired) electrons. The normalized spacial score (nSPS) is 22.0. The molecule has 3 heteroatoms. The summed E-state index contributed by atoms with van der Waals surface area (Å²) in [5.41, 5.74) is 0.724. The number of likely N-dealkylation sites (tertiary alicyclic amines) is 1. The lowest BCUT2D eigenvalue weighted by molar-refractivity contribution is -0.0209. The largest absolute Gasteiger partial charge is 0.490 e. The molecule has 1 aliphatic carbocycles. The summed E-state index contributed by atoms with van der Waals surface area (Å²) in [5.74, 6) is 0.892. The molecule has 116 valence electrons. The molecule has 1 N–H and O–H groups in total. The molecule has 0 aromatic heterocycles. The minimum Gasteiger partial charge on any atom is -0.490 e. The van der Waals surface area contributed by atoms with Crippen molar-refractivity contribution in [2.24, 2.45) is 0 Å². The van der Waals surface area contributed by atoms with Gasteiger partial charge in [0.1, 0.15) is 5.75 Å². The van der Waals surface area contributed by atoms with Gasteiger partial charge in [-0.15, -0.1) is 0 Å². The average Bonchev–Trinajstić information content (AvgIpc) is 3.31. The molecule has 2 fully saturated rings. The minimum atomic E-state index is -0.488. The fourth-order valence-corrected chi connectivity index (χ4v) is 3.19. The first kappa shape index (κ1) is 14.9. The number of benzene rings is 1. The van der Waals surface area contributed by atoms with Crippen LogP contribution in [0.15, 0.2) is 24.3 Å². The number of nitrogens with zero attached hydrogens (tertiary/aromatic N) is 1. The number of hydrogen-bond acceptors (Lipinski definition) is 3. The van der Waals surface area contributed by atoms with E-state index in [-0.39, 0.29) is 5.54 Å². The summed E-state index contributed by atoms with van der Waals surface area (Å²) in [7, 11) is 0. The van der Waals surface area contributed by atoms with Gasteiger partial charge in [0.15, 0.2) is 0 Å². The Morgan fingerprint density at radius 2 is 1.90 bits per heavy atom. The molecule has 1 heterocycles. The van der Waals surface area contributed by atoms with E-state index in [2.05, 4.69) is 18.7 Å². The number of ether oxygens (including phenoxy) is 1. The van der Waals surface area contributed by atoms with Gasteiger partial charge in [0.2, 0.25) is 0 Å². The van der Waals surface area contributed by atoms with E-state index < -0.39 is 6.10 Å². The van der Waals surface area contributed by atoms with Crippen LogP contribution < -0.4 is 4.74 Å². The summed E-state index contributed by atoms with van der Waals surface area (Å²) >= 11 is 0. The van der Waals surface area contributed by atoms with Crippen LogP contribution in [0, 0.1) is 0 Å². The van der Waals surface area contributed by atoms with Crippen LogP contribution in [-0.4, -0.2) is 34.7 Å². The first-order valence-electron chi connectivity index (χ1n) is 8.27. The molecule has 2 aliphatic rings. The van der Waals surface area contributed by atoms with Gasteiger partial charge in [-0.1, -0.05) is 18.6 Å². The number of rotatable bonds is 5. The molecule has 3 nitrogen and oxygen atoms in total. The highest BCUT2D eigenvalue weighted by Gasteiger charge is 2.36. The molecule has 1 saturated heterocycles. The molecule has 1 atom stereocenters. The molecular formula is C18H27NO2. The van der Waals surface area contributed by atoms with Crippen molar-refractivity contribution in [1.29, 1.82) is 0 Å². The second-order valence-electron chi connectivity index (χ2n) is 6.99. The lowest BCUT2D eigenvalue weighted by Crippen LogP contribution is -2.50. The fourth-order valence-electron chi connectivity index (χ4n) is 3.19. The zero-order valence-electron chi connectivity index (χ0n) is 13.2. The summed E-state index contributed by atoms with van der Waals surface area (Å²) in [5, 5.41) is 10.9. The summed E-state index contributed by atoms with van der Waals surface area (Å²) in [6.45, 7) is 6.47. The van der Waals surface area contributed by atoms with Gasteiger partial charge in [-0.05, 0) is 70.3 Å².